The molecule has 0 bridgehead atoms. The number of hydrogen-bond acceptors (Lipinski definition) is 3. The minimum atomic E-state index is 0.268. The Kier molecular flexibility index (Phi) is 3.47. The van der Waals surface area contributed by atoms with Crippen molar-refractivity contribution in [2.75, 3.05) is 20.2 Å². The molecule has 2 heterocycles. The Morgan fingerprint density at radius 1 is 1.05 bits per heavy atom. The second-order valence-electron chi connectivity index (χ2n) is 5.33. The number of methoxy groups -OCH3 is 1. The molecule has 0 saturated carbocycles. The molecule has 1 unspecified atom stereocenters. The van der Waals surface area contributed by atoms with E-state index in [4.69, 9.17) is 4.74 Å². The van der Waals surface area contributed by atoms with Crippen molar-refractivity contribution >= 4 is 0 Å². The number of ether oxygens (including phenoxy) is 1. The van der Waals surface area contributed by atoms with Crippen molar-refractivity contribution in [3.8, 4) is 0 Å². The van der Waals surface area contributed by atoms with E-state index >= 15 is 0 Å². The normalized spacial score (nSPS) is 24.3. The number of piperidine rings is 1. The van der Waals surface area contributed by atoms with Gasteiger partial charge in [-0.1, -0.05) is 36.8 Å². The molecule has 1 atom stereocenters. The van der Waals surface area contributed by atoms with Crippen LogP contribution in [0.4, 0.5) is 0 Å². The third kappa shape index (κ3) is 2.12. The Hall–Kier alpha value is -1.48. The van der Waals surface area contributed by atoms with Crippen LogP contribution in [0.2, 0.25) is 0 Å². The van der Waals surface area contributed by atoms with E-state index in [-0.39, 0.29) is 6.04 Å². The SMILES string of the molecule is COC1=C(C)N(N2CCCCC2)C1c1ccccc1. The van der Waals surface area contributed by atoms with E-state index in [1.165, 1.54) is 30.5 Å². The summed E-state index contributed by atoms with van der Waals surface area (Å²) in [5.74, 6) is 1.11. The van der Waals surface area contributed by atoms with Gasteiger partial charge in [-0.3, -0.25) is 5.01 Å². The van der Waals surface area contributed by atoms with Gasteiger partial charge >= 0.3 is 0 Å². The predicted octanol–water partition coefficient (Wildman–Crippen LogP) is 3.32. The number of rotatable bonds is 3. The van der Waals surface area contributed by atoms with Gasteiger partial charge in [-0.15, -0.1) is 0 Å². The molecule has 1 aromatic rings. The molecule has 0 amide bonds. The molecule has 0 N–H and O–H groups in total. The molecule has 1 saturated heterocycles. The minimum Gasteiger partial charge on any atom is -0.497 e. The zero-order valence-electron chi connectivity index (χ0n) is 11.8. The maximum absolute atomic E-state index is 5.60. The van der Waals surface area contributed by atoms with E-state index in [0.717, 1.165) is 18.8 Å². The van der Waals surface area contributed by atoms with Crippen LogP contribution in [0.3, 0.4) is 0 Å². The van der Waals surface area contributed by atoms with Crippen LogP contribution in [0, 0.1) is 0 Å². The summed E-state index contributed by atoms with van der Waals surface area (Å²) in [5.41, 5.74) is 2.58. The molecule has 3 rings (SSSR count). The average Bonchev–Trinajstić information content (AvgIpc) is 2.47. The lowest BCUT2D eigenvalue weighted by atomic mass is 9.96. The monoisotopic (exact) mass is 258 g/mol. The van der Waals surface area contributed by atoms with Gasteiger partial charge in [0.2, 0.25) is 0 Å². The van der Waals surface area contributed by atoms with E-state index in [0.29, 0.717) is 0 Å². The van der Waals surface area contributed by atoms with Gasteiger partial charge in [0.05, 0.1) is 12.8 Å². The standard InChI is InChI=1S/C16H22N2O/c1-13-16(19-2)15(14-9-5-3-6-10-14)18(13)17-11-7-4-8-12-17/h3,5-6,9-10,15H,4,7-8,11-12H2,1-2H3. The summed E-state index contributed by atoms with van der Waals surface area (Å²) in [6, 6.07) is 10.9. The summed E-state index contributed by atoms with van der Waals surface area (Å²) >= 11 is 0. The quantitative estimate of drug-likeness (QED) is 0.827. The molecule has 1 aromatic carbocycles. The van der Waals surface area contributed by atoms with Crippen LogP contribution in [0.15, 0.2) is 41.8 Å². The summed E-state index contributed by atoms with van der Waals surface area (Å²) in [6.45, 7) is 4.49. The molecule has 19 heavy (non-hydrogen) atoms. The number of allylic oxidation sites excluding steroid dienone is 1. The fourth-order valence-corrected chi connectivity index (χ4v) is 3.20. The van der Waals surface area contributed by atoms with Gasteiger partial charge in [0.1, 0.15) is 11.8 Å². The van der Waals surface area contributed by atoms with Gasteiger partial charge < -0.3 is 4.74 Å². The van der Waals surface area contributed by atoms with Gasteiger partial charge in [0.15, 0.2) is 0 Å². The van der Waals surface area contributed by atoms with Crippen LogP contribution in [-0.4, -0.2) is 30.2 Å². The molecule has 3 heteroatoms. The van der Waals surface area contributed by atoms with Crippen LogP contribution >= 0.6 is 0 Å². The van der Waals surface area contributed by atoms with Crippen LogP contribution in [0.1, 0.15) is 37.8 Å². The molecule has 2 aliphatic rings. The Labute approximate surface area is 115 Å². The van der Waals surface area contributed by atoms with Crippen molar-refractivity contribution in [3.05, 3.63) is 47.4 Å². The molecule has 3 nitrogen and oxygen atoms in total. The van der Waals surface area contributed by atoms with E-state index in [1.54, 1.807) is 7.11 Å². The summed E-state index contributed by atoms with van der Waals surface area (Å²) in [7, 11) is 1.78. The first-order valence-electron chi connectivity index (χ1n) is 7.16. The molecule has 0 aliphatic carbocycles. The molecule has 0 aromatic heterocycles. The first kappa shape index (κ1) is 12.5. The molecule has 0 spiro atoms. The van der Waals surface area contributed by atoms with Crippen molar-refractivity contribution in [2.45, 2.75) is 32.2 Å². The van der Waals surface area contributed by atoms with Crippen LogP contribution < -0.4 is 0 Å². The van der Waals surface area contributed by atoms with E-state index in [1.807, 2.05) is 0 Å². The van der Waals surface area contributed by atoms with E-state index in [9.17, 15) is 0 Å². The van der Waals surface area contributed by atoms with Crippen molar-refractivity contribution < 1.29 is 4.74 Å². The van der Waals surface area contributed by atoms with Crippen LogP contribution in [0.5, 0.6) is 0 Å². The molecule has 2 aliphatic heterocycles. The van der Waals surface area contributed by atoms with Crippen molar-refractivity contribution in [3.63, 3.8) is 0 Å². The molecule has 1 fully saturated rings. The first-order chi connectivity index (χ1) is 9.33. The summed E-state index contributed by atoms with van der Waals surface area (Å²) in [4.78, 5) is 0. The summed E-state index contributed by atoms with van der Waals surface area (Å²) < 4.78 is 5.60. The molecule has 102 valence electrons. The zero-order chi connectivity index (χ0) is 13.2. The lowest BCUT2D eigenvalue weighted by Crippen LogP contribution is -2.52. The minimum absolute atomic E-state index is 0.268. The fraction of sp³-hybridized carbons (Fsp3) is 0.500. The third-order valence-corrected chi connectivity index (χ3v) is 4.17. The highest BCUT2D eigenvalue weighted by Gasteiger charge is 2.41. The van der Waals surface area contributed by atoms with Gasteiger partial charge in [0.25, 0.3) is 0 Å². The number of hydrazine groups is 1. The van der Waals surface area contributed by atoms with Crippen molar-refractivity contribution in [1.82, 2.24) is 10.0 Å². The van der Waals surface area contributed by atoms with Gasteiger partial charge in [-0.05, 0) is 25.3 Å². The maximum atomic E-state index is 5.60. The Morgan fingerprint density at radius 2 is 1.74 bits per heavy atom. The number of benzene rings is 1. The highest BCUT2D eigenvalue weighted by atomic mass is 16.5. The molecule has 0 radical (unpaired) electrons. The van der Waals surface area contributed by atoms with Gasteiger partial charge in [-0.2, -0.15) is 0 Å². The number of hydrogen-bond donors (Lipinski definition) is 0. The second kappa shape index (κ2) is 5.25. The Balaban J connectivity index is 1.88. The first-order valence-corrected chi connectivity index (χ1v) is 7.16. The second-order valence-corrected chi connectivity index (χ2v) is 5.33. The van der Waals surface area contributed by atoms with Crippen LogP contribution in [0.25, 0.3) is 0 Å². The predicted molar refractivity (Wildman–Crippen MR) is 76.2 cm³/mol. The lowest BCUT2D eigenvalue weighted by molar-refractivity contribution is -0.0829. The highest BCUT2D eigenvalue weighted by Crippen LogP contribution is 2.44. The largest absolute Gasteiger partial charge is 0.497 e. The zero-order valence-corrected chi connectivity index (χ0v) is 11.8. The van der Waals surface area contributed by atoms with Crippen molar-refractivity contribution in [1.29, 1.82) is 0 Å². The summed E-state index contributed by atoms with van der Waals surface area (Å²) in [6.07, 6.45) is 3.96. The van der Waals surface area contributed by atoms with Crippen LogP contribution in [-0.2, 0) is 4.74 Å². The van der Waals surface area contributed by atoms with E-state index < -0.39 is 0 Å². The van der Waals surface area contributed by atoms with Crippen molar-refractivity contribution in [2.24, 2.45) is 0 Å². The third-order valence-electron chi connectivity index (χ3n) is 4.17. The topological polar surface area (TPSA) is 15.7 Å². The number of nitrogens with zero attached hydrogens (tertiary/aromatic N) is 2. The molecular formula is C16H22N2O. The lowest BCUT2D eigenvalue weighted by Gasteiger charge is -2.51. The average molecular weight is 258 g/mol. The summed E-state index contributed by atoms with van der Waals surface area (Å²) in [5, 5.41) is 4.91. The smallest absolute Gasteiger partial charge is 0.144 e. The Bertz CT molecular complexity index is 463. The maximum Gasteiger partial charge on any atom is 0.144 e. The highest BCUT2D eigenvalue weighted by molar-refractivity contribution is 5.35. The van der Waals surface area contributed by atoms with Gasteiger partial charge in [-0.25, -0.2) is 5.01 Å². The Morgan fingerprint density at radius 3 is 2.37 bits per heavy atom. The van der Waals surface area contributed by atoms with E-state index in [2.05, 4.69) is 47.3 Å². The fourth-order valence-electron chi connectivity index (χ4n) is 3.20. The van der Waals surface area contributed by atoms with Gasteiger partial charge in [0, 0.05) is 13.1 Å². The molecular weight excluding hydrogens is 236 g/mol.